The van der Waals surface area contributed by atoms with E-state index in [1.165, 1.54) is 30.4 Å². The summed E-state index contributed by atoms with van der Waals surface area (Å²) in [5.41, 5.74) is 2.47. The first-order chi connectivity index (χ1) is 10.9. The molecule has 0 N–H and O–H groups in total. The molecule has 0 aliphatic heterocycles. The molecule has 0 spiro atoms. The first-order valence-corrected chi connectivity index (χ1v) is 7.76. The van der Waals surface area contributed by atoms with Gasteiger partial charge in [-0.2, -0.15) is 0 Å². The normalized spacial score (nSPS) is 9.14. The second-order valence-corrected chi connectivity index (χ2v) is 4.57. The van der Waals surface area contributed by atoms with E-state index in [1.807, 2.05) is 42.5 Å². The van der Waals surface area contributed by atoms with Crippen molar-refractivity contribution in [2.75, 3.05) is 0 Å². The molecule has 0 nitrogen and oxygen atoms in total. The Morgan fingerprint density at radius 2 is 1.32 bits per heavy atom. The Morgan fingerprint density at radius 1 is 0.818 bits per heavy atom. The van der Waals surface area contributed by atoms with Crippen LogP contribution in [-0.4, -0.2) is 0 Å². The van der Waals surface area contributed by atoms with Crippen LogP contribution in [0.5, 0.6) is 0 Å². The zero-order valence-electron chi connectivity index (χ0n) is 13.7. The zero-order valence-corrected chi connectivity index (χ0v) is 13.7. The highest BCUT2D eigenvalue weighted by Crippen LogP contribution is 2.03. The molecule has 0 heteroatoms. The smallest absolute Gasteiger partial charge is 0.0260 e. The summed E-state index contributed by atoms with van der Waals surface area (Å²) in [6.45, 7) is 11.8. The van der Waals surface area contributed by atoms with Gasteiger partial charge >= 0.3 is 0 Å². The molecule has 0 aliphatic rings. The van der Waals surface area contributed by atoms with E-state index < -0.39 is 0 Å². The molecular weight excluding hydrogens is 264 g/mol. The summed E-state index contributed by atoms with van der Waals surface area (Å²) < 4.78 is 0. The first kappa shape index (κ1) is 19.7. The van der Waals surface area contributed by atoms with Crippen LogP contribution in [0, 0.1) is 0 Å². The van der Waals surface area contributed by atoms with Crippen LogP contribution in [0.1, 0.15) is 37.3 Å². The molecule has 0 saturated carbocycles. The van der Waals surface area contributed by atoms with Crippen LogP contribution in [0.3, 0.4) is 0 Å². The van der Waals surface area contributed by atoms with Gasteiger partial charge in [-0.05, 0) is 17.5 Å². The van der Waals surface area contributed by atoms with Crippen molar-refractivity contribution in [1.29, 1.82) is 0 Å². The Balaban J connectivity index is 0.000000382. The highest BCUT2D eigenvalue weighted by Gasteiger charge is 1.82. The minimum Gasteiger partial charge on any atom is -0.106 e. The van der Waals surface area contributed by atoms with Crippen LogP contribution in [-0.2, 0) is 0 Å². The predicted molar refractivity (Wildman–Crippen MR) is 103 cm³/mol. The largest absolute Gasteiger partial charge is 0.106 e. The average molecular weight is 292 g/mol. The fraction of sp³-hybridized carbons (Fsp3) is 0.182. The predicted octanol–water partition coefficient (Wildman–Crippen LogP) is 7.02. The summed E-state index contributed by atoms with van der Waals surface area (Å²) in [6, 6.07) is 20.5. The van der Waals surface area contributed by atoms with Crippen molar-refractivity contribution in [3.8, 4) is 0 Å². The zero-order chi connectivity index (χ0) is 16.5. The van der Waals surface area contributed by atoms with E-state index in [9.17, 15) is 0 Å². The van der Waals surface area contributed by atoms with Crippen LogP contribution in [0.4, 0.5) is 0 Å². The van der Waals surface area contributed by atoms with E-state index in [2.05, 4.69) is 63.1 Å². The van der Waals surface area contributed by atoms with Gasteiger partial charge in [0.05, 0.1) is 0 Å². The quantitative estimate of drug-likeness (QED) is 0.410. The van der Waals surface area contributed by atoms with E-state index in [0.717, 1.165) is 0 Å². The molecule has 0 bridgehead atoms. The van der Waals surface area contributed by atoms with Crippen molar-refractivity contribution in [2.45, 2.75) is 26.2 Å². The summed E-state index contributed by atoms with van der Waals surface area (Å²) in [7, 11) is 0. The molecule has 2 rings (SSSR count). The number of hydrogen-bond acceptors (Lipinski definition) is 0. The maximum Gasteiger partial charge on any atom is -0.0260 e. The lowest BCUT2D eigenvalue weighted by Gasteiger charge is -1.91. The second kappa shape index (κ2) is 15.1. The molecule has 0 amide bonds. The van der Waals surface area contributed by atoms with E-state index in [1.54, 1.807) is 0 Å². The van der Waals surface area contributed by atoms with Crippen LogP contribution in [0.15, 0.2) is 86.5 Å². The number of allylic oxidation sites excluding steroid dienone is 1. The van der Waals surface area contributed by atoms with Crippen LogP contribution in [0.2, 0.25) is 0 Å². The summed E-state index contributed by atoms with van der Waals surface area (Å²) in [5.74, 6) is 0. The Morgan fingerprint density at radius 3 is 1.73 bits per heavy atom. The monoisotopic (exact) mass is 292 g/mol. The molecule has 0 unspecified atom stereocenters. The molecule has 2 aromatic carbocycles. The van der Waals surface area contributed by atoms with E-state index in [0.29, 0.717) is 0 Å². The number of rotatable bonds is 5. The Bertz CT molecular complexity index is 494. The van der Waals surface area contributed by atoms with Crippen molar-refractivity contribution in [1.82, 2.24) is 0 Å². The molecular formula is C22H28. The van der Waals surface area contributed by atoms with Crippen molar-refractivity contribution in [3.63, 3.8) is 0 Å². The molecule has 0 aromatic heterocycles. The third kappa shape index (κ3) is 10.4. The summed E-state index contributed by atoms with van der Waals surface area (Å²) in [6.07, 6.45) is 10.0. The Kier molecular flexibility index (Phi) is 13.5. The number of unbranched alkanes of at least 4 members (excludes halogenated alkanes) is 2. The van der Waals surface area contributed by atoms with E-state index in [-0.39, 0.29) is 0 Å². The molecule has 22 heavy (non-hydrogen) atoms. The molecule has 2 aromatic rings. The van der Waals surface area contributed by atoms with Gasteiger partial charge in [-0.25, -0.2) is 0 Å². The van der Waals surface area contributed by atoms with Gasteiger partial charge in [0.1, 0.15) is 0 Å². The molecule has 0 radical (unpaired) electrons. The minimum absolute atomic E-state index is 1.17. The van der Waals surface area contributed by atoms with Crippen molar-refractivity contribution < 1.29 is 0 Å². The van der Waals surface area contributed by atoms with Gasteiger partial charge in [-0.3, -0.25) is 0 Å². The van der Waals surface area contributed by atoms with Gasteiger partial charge in [0.25, 0.3) is 0 Å². The molecule has 0 atom stereocenters. The van der Waals surface area contributed by atoms with Crippen molar-refractivity contribution in [2.24, 2.45) is 0 Å². The van der Waals surface area contributed by atoms with Crippen LogP contribution < -0.4 is 0 Å². The lowest BCUT2D eigenvalue weighted by atomic mass is 10.2. The molecule has 0 fully saturated rings. The number of hydrogen-bond donors (Lipinski definition) is 0. The van der Waals surface area contributed by atoms with Gasteiger partial charge in [0.2, 0.25) is 0 Å². The highest BCUT2D eigenvalue weighted by atomic mass is 13.9. The first-order valence-electron chi connectivity index (χ1n) is 7.76. The third-order valence-electron chi connectivity index (χ3n) is 2.87. The number of benzene rings is 2. The maximum absolute atomic E-state index is 3.63. The topological polar surface area (TPSA) is 0 Å². The average Bonchev–Trinajstić information content (AvgIpc) is 2.63. The van der Waals surface area contributed by atoms with Crippen LogP contribution >= 0.6 is 0 Å². The van der Waals surface area contributed by atoms with Crippen molar-refractivity contribution in [3.05, 3.63) is 97.6 Å². The van der Waals surface area contributed by atoms with Crippen molar-refractivity contribution >= 4 is 12.2 Å². The van der Waals surface area contributed by atoms with E-state index >= 15 is 0 Å². The molecule has 116 valence electrons. The lowest BCUT2D eigenvalue weighted by molar-refractivity contribution is 0.816. The van der Waals surface area contributed by atoms with Gasteiger partial charge in [-0.1, -0.05) is 105 Å². The fourth-order valence-electron chi connectivity index (χ4n) is 1.69. The highest BCUT2D eigenvalue weighted by molar-refractivity contribution is 5.48. The Labute approximate surface area is 136 Å². The fourth-order valence-corrected chi connectivity index (χ4v) is 1.69. The minimum atomic E-state index is 1.17. The molecule has 0 aliphatic carbocycles. The van der Waals surface area contributed by atoms with Gasteiger partial charge in [0.15, 0.2) is 0 Å². The summed E-state index contributed by atoms with van der Waals surface area (Å²) in [4.78, 5) is 0. The van der Waals surface area contributed by atoms with Gasteiger partial charge in [-0.15, -0.1) is 13.2 Å². The van der Waals surface area contributed by atoms with E-state index in [4.69, 9.17) is 0 Å². The van der Waals surface area contributed by atoms with Crippen LogP contribution in [0.25, 0.3) is 12.2 Å². The molecule has 0 heterocycles. The molecule has 0 saturated heterocycles. The van der Waals surface area contributed by atoms with Gasteiger partial charge < -0.3 is 0 Å². The third-order valence-corrected chi connectivity index (χ3v) is 2.87. The standard InChI is InChI=1S/C12H16.C8H8.C2H4/c1-2-3-4-6-9-12-10-7-5-8-11-12;1-2-8-6-4-3-5-7-8;1-2/h5-11H,2-4H2,1H3;2-7H,1H2;1-2H2. The maximum atomic E-state index is 3.63. The van der Waals surface area contributed by atoms with Gasteiger partial charge in [0, 0.05) is 0 Å². The lowest BCUT2D eigenvalue weighted by Crippen LogP contribution is -1.69. The Hall–Kier alpha value is -2.34. The second-order valence-electron chi connectivity index (χ2n) is 4.57. The summed E-state index contributed by atoms with van der Waals surface area (Å²) >= 11 is 0. The SMILES string of the molecule is C=C.C=Cc1ccccc1.CCCCC=Cc1ccccc1. The summed E-state index contributed by atoms with van der Waals surface area (Å²) in [5, 5.41) is 0.